The molecular formula is C19H29N5S. The lowest BCUT2D eigenvalue weighted by Gasteiger charge is -2.11. The van der Waals surface area contributed by atoms with E-state index in [4.69, 9.17) is 0 Å². The Hall–Kier alpha value is -1.95. The number of guanidine groups is 1. The van der Waals surface area contributed by atoms with E-state index in [0.717, 1.165) is 50.0 Å². The molecule has 0 amide bonds. The molecule has 1 aromatic carbocycles. The number of nitrogens with one attached hydrogen (secondary N) is 2. The van der Waals surface area contributed by atoms with Crippen molar-refractivity contribution in [3.8, 4) is 0 Å². The van der Waals surface area contributed by atoms with E-state index in [9.17, 15) is 0 Å². The molecule has 0 unspecified atom stereocenters. The van der Waals surface area contributed by atoms with Crippen LogP contribution in [-0.2, 0) is 6.54 Å². The first-order valence-electron chi connectivity index (χ1n) is 8.90. The van der Waals surface area contributed by atoms with Crippen molar-refractivity contribution in [3.05, 3.63) is 47.8 Å². The smallest absolute Gasteiger partial charge is 0.191 e. The highest BCUT2D eigenvalue weighted by Gasteiger charge is 2.01. The fourth-order valence-corrected chi connectivity index (χ4v) is 3.30. The first-order valence-corrected chi connectivity index (χ1v) is 9.88. The van der Waals surface area contributed by atoms with Crippen molar-refractivity contribution in [1.82, 2.24) is 20.4 Å². The average Bonchev–Trinajstić information content (AvgIpc) is 2.93. The Morgan fingerprint density at radius 2 is 2.00 bits per heavy atom. The lowest BCUT2D eigenvalue weighted by atomic mass is 10.4. The van der Waals surface area contributed by atoms with Crippen LogP contribution in [-0.4, -0.2) is 41.1 Å². The Bertz CT molecular complexity index is 651. The summed E-state index contributed by atoms with van der Waals surface area (Å²) in [5, 5.41) is 11.2. The highest BCUT2D eigenvalue weighted by atomic mass is 32.2. The Kier molecular flexibility index (Phi) is 8.39. The van der Waals surface area contributed by atoms with Gasteiger partial charge in [-0.05, 0) is 45.4 Å². The van der Waals surface area contributed by atoms with Crippen LogP contribution in [0.15, 0.2) is 46.3 Å². The van der Waals surface area contributed by atoms with Crippen LogP contribution in [0, 0.1) is 13.8 Å². The predicted molar refractivity (Wildman–Crippen MR) is 107 cm³/mol. The van der Waals surface area contributed by atoms with Crippen molar-refractivity contribution in [2.75, 3.05) is 25.4 Å². The van der Waals surface area contributed by atoms with Crippen LogP contribution in [0.1, 0.15) is 24.7 Å². The third kappa shape index (κ3) is 7.22. The maximum atomic E-state index is 4.65. The number of aromatic nitrogens is 2. The van der Waals surface area contributed by atoms with Gasteiger partial charge in [0.25, 0.3) is 0 Å². The molecule has 0 atom stereocenters. The first-order chi connectivity index (χ1) is 12.2. The summed E-state index contributed by atoms with van der Waals surface area (Å²) in [4.78, 5) is 5.96. The number of benzene rings is 1. The van der Waals surface area contributed by atoms with Gasteiger partial charge in [0.1, 0.15) is 0 Å². The van der Waals surface area contributed by atoms with Crippen LogP contribution in [0.4, 0.5) is 0 Å². The third-order valence-electron chi connectivity index (χ3n) is 3.65. The van der Waals surface area contributed by atoms with E-state index in [1.807, 2.05) is 24.8 Å². The zero-order valence-corrected chi connectivity index (χ0v) is 16.3. The van der Waals surface area contributed by atoms with Crippen LogP contribution >= 0.6 is 11.8 Å². The number of nitrogens with zero attached hydrogens (tertiary/aromatic N) is 3. The normalized spacial score (nSPS) is 11.6. The lowest BCUT2D eigenvalue weighted by Crippen LogP contribution is -2.38. The summed E-state index contributed by atoms with van der Waals surface area (Å²) in [7, 11) is 0. The molecule has 0 aliphatic rings. The van der Waals surface area contributed by atoms with Crippen LogP contribution in [0.5, 0.6) is 0 Å². The predicted octanol–water partition coefficient (Wildman–Crippen LogP) is 3.24. The Morgan fingerprint density at radius 1 is 1.20 bits per heavy atom. The van der Waals surface area contributed by atoms with Gasteiger partial charge in [-0.2, -0.15) is 5.10 Å². The molecule has 0 saturated heterocycles. The van der Waals surface area contributed by atoms with Crippen molar-refractivity contribution in [1.29, 1.82) is 0 Å². The van der Waals surface area contributed by atoms with Gasteiger partial charge in [0.2, 0.25) is 0 Å². The average molecular weight is 360 g/mol. The maximum Gasteiger partial charge on any atom is 0.191 e. The van der Waals surface area contributed by atoms with E-state index in [-0.39, 0.29) is 0 Å². The van der Waals surface area contributed by atoms with Gasteiger partial charge in [0.05, 0.1) is 5.69 Å². The molecule has 5 nitrogen and oxygen atoms in total. The molecule has 0 spiro atoms. The van der Waals surface area contributed by atoms with Gasteiger partial charge in [-0.1, -0.05) is 18.2 Å². The van der Waals surface area contributed by atoms with Crippen molar-refractivity contribution in [3.63, 3.8) is 0 Å². The van der Waals surface area contributed by atoms with E-state index < -0.39 is 0 Å². The summed E-state index contributed by atoms with van der Waals surface area (Å²) in [6.07, 6.45) is 0.983. The number of hydrogen-bond donors (Lipinski definition) is 2. The van der Waals surface area contributed by atoms with Gasteiger partial charge in [-0.15, -0.1) is 11.8 Å². The van der Waals surface area contributed by atoms with Crippen molar-refractivity contribution in [2.45, 2.75) is 38.6 Å². The summed E-state index contributed by atoms with van der Waals surface area (Å²) >= 11 is 1.85. The molecule has 6 heteroatoms. The molecule has 0 saturated carbocycles. The molecule has 0 bridgehead atoms. The molecule has 0 radical (unpaired) electrons. The van der Waals surface area contributed by atoms with Gasteiger partial charge >= 0.3 is 0 Å². The Balaban J connectivity index is 1.69. The minimum Gasteiger partial charge on any atom is -0.357 e. The third-order valence-corrected chi connectivity index (χ3v) is 4.67. The maximum absolute atomic E-state index is 4.65. The molecule has 136 valence electrons. The van der Waals surface area contributed by atoms with Gasteiger partial charge in [-0.3, -0.25) is 9.67 Å². The van der Waals surface area contributed by atoms with Crippen molar-refractivity contribution < 1.29 is 0 Å². The summed E-state index contributed by atoms with van der Waals surface area (Å²) in [6.45, 7) is 9.68. The van der Waals surface area contributed by atoms with Gasteiger partial charge < -0.3 is 10.6 Å². The molecular weight excluding hydrogens is 330 g/mol. The molecule has 1 aromatic heterocycles. The van der Waals surface area contributed by atoms with Crippen LogP contribution < -0.4 is 10.6 Å². The molecule has 0 aliphatic carbocycles. The second kappa shape index (κ2) is 10.8. The van der Waals surface area contributed by atoms with Crippen LogP contribution in [0.3, 0.4) is 0 Å². The number of rotatable bonds is 9. The minimum absolute atomic E-state index is 0.791. The SMILES string of the molecule is CCNC(=NCCCn1nc(C)cc1C)NCCSc1ccccc1. The van der Waals surface area contributed by atoms with E-state index in [1.165, 1.54) is 10.6 Å². The molecule has 0 aliphatic heterocycles. The molecule has 25 heavy (non-hydrogen) atoms. The topological polar surface area (TPSA) is 54.2 Å². The lowest BCUT2D eigenvalue weighted by molar-refractivity contribution is 0.567. The largest absolute Gasteiger partial charge is 0.357 e. The summed E-state index contributed by atoms with van der Waals surface area (Å²) in [5.41, 5.74) is 2.29. The number of thioether (sulfide) groups is 1. The fourth-order valence-electron chi connectivity index (χ4n) is 2.51. The van der Waals surface area contributed by atoms with E-state index in [2.05, 4.69) is 69.6 Å². The van der Waals surface area contributed by atoms with Gasteiger partial charge in [0.15, 0.2) is 5.96 Å². The van der Waals surface area contributed by atoms with Gasteiger partial charge in [0, 0.05) is 42.5 Å². The fraction of sp³-hybridized carbons (Fsp3) is 0.474. The van der Waals surface area contributed by atoms with E-state index in [1.54, 1.807) is 0 Å². The van der Waals surface area contributed by atoms with Crippen molar-refractivity contribution in [2.24, 2.45) is 4.99 Å². The zero-order chi connectivity index (χ0) is 17.9. The Morgan fingerprint density at radius 3 is 2.68 bits per heavy atom. The molecule has 2 aromatic rings. The van der Waals surface area contributed by atoms with Crippen LogP contribution in [0.25, 0.3) is 0 Å². The number of aryl methyl sites for hydroxylation is 3. The highest BCUT2D eigenvalue weighted by molar-refractivity contribution is 7.99. The molecule has 0 fully saturated rings. The van der Waals surface area contributed by atoms with Crippen molar-refractivity contribution >= 4 is 17.7 Å². The van der Waals surface area contributed by atoms with E-state index >= 15 is 0 Å². The monoisotopic (exact) mass is 359 g/mol. The second-order valence-electron chi connectivity index (χ2n) is 5.85. The first kappa shape index (κ1) is 19.4. The quantitative estimate of drug-likeness (QED) is 0.312. The standard InChI is InChI=1S/C19H29N5S/c1-4-20-19(22-12-14-25-18-9-6-5-7-10-18)21-11-8-13-24-17(3)15-16(2)23-24/h5-7,9-10,15H,4,8,11-14H2,1-3H3,(H2,20,21,22). The number of aliphatic imine (C=N–C) groups is 1. The molecule has 2 rings (SSSR count). The zero-order valence-electron chi connectivity index (χ0n) is 15.5. The van der Waals surface area contributed by atoms with Gasteiger partial charge in [-0.25, -0.2) is 0 Å². The molecule has 2 N–H and O–H groups in total. The summed E-state index contributed by atoms with van der Waals surface area (Å²) < 4.78 is 2.06. The molecule has 1 heterocycles. The number of hydrogen-bond acceptors (Lipinski definition) is 3. The highest BCUT2D eigenvalue weighted by Crippen LogP contribution is 2.15. The summed E-state index contributed by atoms with van der Waals surface area (Å²) in [6, 6.07) is 12.6. The van der Waals surface area contributed by atoms with E-state index in [0.29, 0.717) is 0 Å². The van der Waals surface area contributed by atoms with Crippen LogP contribution in [0.2, 0.25) is 0 Å². The second-order valence-corrected chi connectivity index (χ2v) is 7.02. The summed E-state index contributed by atoms with van der Waals surface area (Å²) in [5.74, 6) is 1.91. The Labute approximate surface area is 155 Å². The minimum atomic E-state index is 0.791.